The molecule has 0 radical (unpaired) electrons. The van der Waals surface area contributed by atoms with Gasteiger partial charge in [-0.3, -0.25) is 0 Å². The molecule has 0 amide bonds. The summed E-state index contributed by atoms with van der Waals surface area (Å²) in [7, 11) is 0. The van der Waals surface area contributed by atoms with Crippen molar-refractivity contribution < 1.29 is 19.8 Å². The van der Waals surface area contributed by atoms with Gasteiger partial charge in [0, 0.05) is 0 Å². The molecule has 0 rings (SSSR count). The molecule has 49 valence electrons. The minimum absolute atomic E-state index is 0.426. The fourth-order valence-corrected chi connectivity index (χ4v) is 0.914. The molecule has 0 heterocycles. The monoisotopic (exact) mass is 155 g/mol. The van der Waals surface area contributed by atoms with Crippen molar-refractivity contribution >= 4 is 4.68 Å². The van der Waals surface area contributed by atoms with Crippen LogP contribution in [0, 0.1) is 0 Å². The van der Waals surface area contributed by atoms with Gasteiger partial charge in [-0.15, -0.1) is 0 Å². The fraction of sp³-hybridized carbons (Fsp3) is 0.833. The molecule has 0 saturated heterocycles. The summed E-state index contributed by atoms with van der Waals surface area (Å²) in [5, 5.41) is 0. The van der Waals surface area contributed by atoms with E-state index >= 15 is 0 Å². The molecule has 2 heteroatoms. The third kappa shape index (κ3) is 4.35. The molecule has 0 aromatic heterocycles. The van der Waals surface area contributed by atoms with Crippen molar-refractivity contribution in [3.8, 4) is 0 Å². The van der Waals surface area contributed by atoms with Crippen molar-refractivity contribution in [2.45, 2.75) is 32.0 Å². The van der Waals surface area contributed by atoms with Gasteiger partial charge in [-0.25, -0.2) is 0 Å². The van der Waals surface area contributed by atoms with E-state index in [0.29, 0.717) is 19.6 Å². The molecule has 0 N–H and O–H groups in total. The zero-order valence-corrected chi connectivity index (χ0v) is 6.59. The minimum atomic E-state index is 0.426. The normalized spacial score (nSPS) is 9.25. The number of carbonyl (C=O) groups excluding carboxylic acids is 1. The quantitative estimate of drug-likeness (QED) is 0.566. The van der Waals surface area contributed by atoms with E-state index in [0.717, 1.165) is 19.3 Å². The van der Waals surface area contributed by atoms with E-state index < -0.39 is 0 Å². The summed E-state index contributed by atoms with van der Waals surface area (Å²) in [6.07, 6.45) is 3.00. The van der Waals surface area contributed by atoms with Crippen LogP contribution in [0.15, 0.2) is 0 Å². The molecule has 0 aliphatic rings. The van der Waals surface area contributed by atoms with E-state index in [2.05, 4.69) is 6.92 Å². The first-order chi connectivity index (χ1) is 3.81. The number of carbonyl (C=O) groups is 1. The van der Waals surface area contributed by atoms with E-state index in [1.807, 2.05) is 5.82 Å². The SMILES string of the molecule is CCCC[C](=O)[Mn][CH3]. The van der Waals surface area contributed by atoms with Crippen molar-refractivity contribution in [3.63, 3.8) is 0 Å². The summed E-state index contributed by atoms with van der Waals surface area (Å²) in [5.74, 6) is 1.95. The first-order valence-electron chi connectivity index (χ1n) is 2.83. The Hall–Kier alpha value is 0.189. The zero-order valence-electron chi connectivity index (χ0n) is 5.41. The zero-order chi connectivity index (χ0) is 6.41. The van der Waals surface area contributed by atoms with Gasteiger partial charge < -0.3 is 0 Å². The number of hydrogen-bond acceptors (Lipinski definition) is 1. The standard InChI is InChI=1S/C5H9O.CH3.Mn/c1-2-3-4-5-6;;/h2-4H2,1H3;1H3;. The van der Waals surface area contributed by atoms with Crippen LogP contribution in [0.1, 0.15) is 26.2 Å². The van der Waals surface area contributed by atoms with Crippen molar-refractivity contribution in [2.24, 2.45) is 0 Å². The molecular weight excluding hydrogens is 143 g/mol. The molecule has 1 nitrogen and oxygen atoms in total. The van der Waals surface area contributed by atoms with Crippen LogP contribution in [0.5, 0.6) is 0 Å². The molecule has 0 bridgehead atoms. The molecular formula is C6H12MnO. The summed E-state index contributed by atoms with van der Waals surface area (Å²) in [4.78, 5) is 10.6. The predicted molar refractivity (Wildman–Crippen MR) is 30.4 cm³/mol. The van der Waals surface area contributed by atoms with Crippen LogP contribution >= 0.6 is 0 Å². The second-order valence-corrected chi connectivity index (χ2v) is 2.90. The van der Waals surface area contributed by atoms with Gasteiger partial charge in [0.05, 0.1) is 0 Å². The van der Waals surface area contributed by atoms with Crippen LogP contribution in [-0.4, -0.2) is 4.68 Å². The fourth-order valence-electron chi connectivity index (χ4n) is 0.410. The van der Waals surface area contributed by atoms with Crippen LogP contribution in [0.25, 0.3) is 0 Å². The third-order valence-electron chi connectivity index (χ3n) is 0.938. The van der Waals surface area contributed by atoms with Crippen LogP contribution in [0.3, 0.4) is 0 Å². The van der Waals surface area contributed by atoms with Gasteiger partial charge >= 0.3 is 56.4 Å². The first kappa shape index (κ1) is 8.19. The topological polar surface area (TPSA) is 17.1 Å². The van der Waals surface area contributed by atoms with Gasteiger partial charge in [0.15, 0.2) is 0 Å². The Kier molecular flexibility index (Phi) is 5.45. The predicted octanol–water partition coefficient (Wildman–Crippen LogP) is 1.83. The second kappa shape index (κ2) is 5.33. The van der Waals surface area contributed by atoms with E-state index in [1.165, 1.54) is 0 Å². The van der Waals surface area contributed by atoms with Crippen molar-refractivity contribution in [2.75, 3.05) is 0 Å². The summed E-state index contributed by atoms with van der Waals surface area (Å²) >= 11 is 0.477. The summed E-state index contributed by atoms with van der Waals surface area (Å²) in [6.45, 7) is 2.10. The molecule has 0 atom stereocenters. The average molecular weight is 155 g/mol. The van der Waals surface area contributed by atoms with E-state index in [9.17, 15) is 4.79 Å². The second-order valence-electron chi connectivity index (χ2n) is 1.65. The van der Waals surface area contributed by atoms with Gasteiger partial charge in [-0.1, -0.05) is 0 Å². The Morgan fingerprint density at radius 2 is 2.25 bits per heavy atom. The molecule has 0 aromatic carbocycles. The van der Waals surface area contributed by atoms with E-state index in [4.69, 9.17) is 0 Å². The summed E-state index contributed by atoms with van der Waals surface area (Å²) in [5.41, 5.74) is 0. The molecule has 0 unspecified atom stereocenters. The average Bonchev–Trinajstić information content (AvgIpc) is 1.83. The Bertz CT molecular complexity index is 70.9. The Labute approximate surface area is 57.0 Å². The Morgan fingerprint density at radius 1 is 1.62 bits per heavy atom. The summed E-state index contributed by atoms with van der Waals surface area (Å²) < 4.78 is 0.426. The van der Waals surface area contributed by atoms with Gasteiger partial charge in [-0.05, 0) is 0 Å². The van der Waals surface area contributed by atoms with Gasteiger partial charge in [-0.2, -0.15) is 0 Å². The molecule has 0 aromatic rings. The van der Waals surface area contributed by atoms with E-state index in [-0.39, 0.29) is 0 Å². The molecule has 0 aliphatic carbocycles. The number of hydrogen-bond donors (Lipinski definition) is 0. The van der Waals surface area contributed by atoms with Crippen molar-refractivity contribution in [1.82, 2.24) is 0 Å². The maximum atomic E-state index is 10.6. The summed E-state index contributed by atoms with van der Waals surface area (Å²) in [6, 6.07) is 0. The van der Waals surface area contributed by atoms with Gasteiger partial charge in [0.1, 0.15) is 0 Å². The van der Waals surface area contributed by atoms with Crippen LogP contribution in [0.4, 0.5) is 0 Å². The Morgan fingerprint density at radius 3 is 2.62 bits per heavy atom. The molecule has 0 spiro atoms. The molecule has 8 heavy (non-hydrogen) atoms. The molecule has 0 saturated carbocycles. The van der Waals surface area contributed by atoms with E-state index in [1.54, 1.807) is 0 Å². The van der Waals surface area contributed by atoms with Crippen LogP contribution < -0.4 is 0 Å². The Balaban J connectivity index is 2.99. The van der Waals surface area contributed by atoms with Crippen LogP contribution in [0.2, 0.25) is 5.82 Å². The first-order valence-corrected chi connectivity index (χ1v) is 4.60. The number of unbranched alkanes of at least 4 members (excludes halogenated alkanes) is 1. The van der Waals surface area contributed by atoms with Gasteiger partial charge in [0.2, 0.25) is 0 Å². The number of rotatable bonds is 4. The van der Waals surface area contributed by atoms with Crippen molar-refractivity contribution in [1.29, 1.82) is 0 Å². The van der Waals surface area contributed by atoms with Gasteiger partial charge in [0.25, 0.3) is 0 Å². The third-order valence-corrected chi connectivity index (χ3v) is 1.89. The van der Waals surface area contributed by atoms with Crippen molar-refractivity contribution in [3.05, 3.63) is 0 Å². The van der Waals surface area contributed by atoms with Crippen LogP contribution in [-0.2, 0) is 19.8 Å². The maximum absolute atomic E-state index is 10.6. The molecule has 0 aliphatic heterocycles. The molecule has 0 fully saturated rings.